The highest BCUT2D eigenvalue weighted by atomic mass is 16.4. The normalized spacial score (nSPS) is 14.6. The van der Waals surface area contributed by atoms with Crippen LogP contribution in [-0.2, 0) is 4.79 Å². The van der Waals surface area contributed by atoms with Crippen LogP contribution in [-0.4, -0.2) is 11.1 Å². The van der Waals surface area contributed by atoms with E-state index in [4.69, 9.17) is 5.11 Å². The molecular formula is C13H18O2. The number of aliphatic carboxylic acids is 1. The van der Waals surface area contributed by atoms with Gasteiger partial charge in [-0.15, -0.1) is 0 Å². The Morgan fingerprint density at radius 1 is 1.20 bits per heavy atom. The maximum atomic E-state index is 10.8. The van der Waals surface area contributed by atoms with Crippen molar-refractivity contribution < 1.29 is 9.90 Å². The van der Waals surface area contributed by atoms with Crippen LogP contribution in [0.2, 0.25) is 0 Å². The van der Waals surface area contributed by atoms with Crippen molar-refractivity contribution in [2.75, 3.05) is 0 Å². The van der Waals surface area contributed by atoms with Crippen LogP contribution in [0.5, 0.6) is 0 Å². The van der Waals surface area contributed by atoms with Crippen LogP contribution in [0.1, 0.15) is 50.2 Å². The van der Waals surface area contributed by atoms with Gasteiger partial charge in [-0.2, -0.15) is 0 Å². The van der Waals surface area contributed by atoms with E-state index in [1.165, 1.54) is 5.56 Å². The number of benzene rings is 1. The van der Waals surface area contributed by atoms with Crippen molar-refractivity contribution in [1.29, 1.82) is 0 Å². The first-order chi connectivity index (χ1) is 7.06. The zero-order valence-corrected chi connectivity index (χ0v) is 9.53. The highest BCUT2D eigenvalue weighted by Gasteiger charge is 2.13. The molecule has 0 bridgehead atoms. The van der Waals surface area contributed by atoms with Crippen LogP contribution in [0.15, 0.2) is 24.3 Å². The second-order valence-corrected chi connectivity index (χ2v) is 4.04. The Balaban J connectivity index is 2.85. The van der Waals surface area contributed by atoms with Crippen molar-refractivity contribution in [3.8, 4) is 0 Å². The van der Waals surface area contributed by atoms with Gasteiger partial charge in [0.1, 0.15) is 0 Å². The molecule has 1 aromatic rings. The molecule has 0 heterocycles. The fourth-order valence-corrected chi connectivity index (χ4v) is 1.49. The number of carbonyl (C=O) groups is 1. The monoisotopic (exact) mass is 206 g/mol. The molecule has 82 valence electrons. The van der Waals surface area contributed by atoms with Gasteiger partial charge in [-0.1, -0.05) is 38.1 Å². The van der Waals surface area contributed by atoms with Gasteiger partial charge in [-0.25, -0.2) is 0 Å². The molecule has 0 aliphatic carbocycles. The van der Waals surface area contributed by atoms with Gasteiger partial charge in [0.05, 0.1) is 5.92 Å². The summed E-state index contributed by atoms with van der Waals surface area (Å²) in [4.78, 5) is 10.8. The molecule has 0 aromatic heterocycles. The Morgan fingerprint density at radius 3 is 2.07 bits per heavy atom. The minimum Gasteiger partial charge on any atom is -0.481 e. The predicted octanol–water partition coefficient (Wildman–Crippen LogP) is 3.39. The van der Waals surface area contributed by atoms with Gasteiger partial charge >= 0.3 is 5.97 Å². The zero-order valence-electron chi connectivity index (χ0n) is 9.53. The summed E-state index contributed by atoms with van der Waals surface area (Å²) in [6, 6.07) is 7.90. The Morgan fingerprint density at radius 2 is 1.67 bits per heavy atom. The van der Waals surface area contributed by atoms with Gasteiger partial charge in [0.25, 0.3) is 0 Å². The van der Waals surface area contributed by atoms with E-state index in [1.807, 2.05) is 24.3 Å². The quantitative estimate of drug-likeness (QED) is 0.819. The average Bonchev–Trinajstić information content (AvgIpc) is 2.27. The highest BCUT2D eigenvalue weighted by Crippen LogP contribution is 2.22. The number of rotatable bonds is 4. The van der Waals surface area contributed by atoms with Crippen LogP contribution in [0, 0.1) is 0 Å². The molecule has 1 rings (SSSR count). The summed E-state index contributed by atoms with van der Waals surface area (Å²) in [6.45, 7) is 6.04. The summed E-state index contributed by atoms with van der Waals surface area (Å²) in [5.74, 6) is -0.651. The Hall–Kier alpha value is -1.31. The third-order valence-electron chi connectivity index (χ3n) is 2.99. The first-order valence-electron chi connectivity index (χ1n) is 5.39. The molecule has 0 radical (unpaired) electrons. The molecule has 0 amide bonds. The lowest BCUT2D eigenvalue weighted by atomic mass is 9.94. The smallest absolute Gasteiger partial charge is 0.310 e. The first-order valence-corrected chi connectivity index (χ1v) is 5.39. The summed E-state index contributed by atoms with van der Waals surface area (Å²) in [5.41, 5.74) is 2.15. The number of carboxylic acid groups (broad SMARTS) is 1. The lowest BCUT2D eigenvalue weighted by molar-refractivity contribution is -0.138. The summed E-state index contributed by atoms with van der Waals surface area (Å²) in [7, 11) is 0. The molecule has 0 saturated carbocycles. The second-order valence-electron chi connectivity index (χ2n) is 4.04. The number of carboxylic acids is 1. The van der Waals surface area contributed by atoms with Crippen LogP contribution < -0.4 is 0 Å². The van der Waals surface area contributed by atoms with Crippen molar-refractivity contribution in [3.63, 3.8) is 0 Å². The molecule has 2 unspecified atom stereocenters. The maximum absolute atomic E-state index is 10.8. The average molecular weight is 206 g/mol. The fraction of sp³-hybridized carbons (Fsp3) is 0.462. The fourth-order valence-electron chi connectivity index (χ4n) is 1.49. The lowest BCUT2D eigenvalue weighted by Gasteiger charge is -2.11. The molecule has 2 heteroatoms. The molecule has 15 heavy (non-hydrogen) atoms. The van der Waals surface area contributed by atoms with E-state index in [9.17, 15) is 4.79 Å². The van der Waals surface area contributed by atoms with Gasteiger partial charge in [-0.05, 0) is 30.4 Å². The Labute approximate surface area is 90.9 Å². The Kier molecular flexibility index (Phi) is 3.89. The molecule has 2 atom stereocenters. The van der Waals surface area contributed by atoms with Crippen LogP contribution >= 0.6 is 0 Å². The lowest BCUT2D eigenvalue weighted by Crippen LogP contribution is -2.07. The maximum Gasteiger partial charge on any atom is 0.310 e. The molecule has 1 N–H and O–H groups in total. The summed E-state index contributed by atoms with van der Waals surface area (Å²) >= 11 is 0. The predicted molar refractivity (Wildman–Crippen MR) is 61.2 cm³/mol. The van der Waals surface area contributed by atoms with Crippen molar-refractivity contribution in [2.24, 2.45) is 0 Å². The highest BCUT2D eigenvalue weighted by molar-refractivity contribution is 5.75. The van der Waals surface area contributed by atoms with Gasteiger partial charge < -0.3 is 5.11 Å². The van der Waals surface area contributed by atoms with Crippen molar-refractivity contribution in [2.45, 2.75) is 39.0 Å². The molecular weight excluding hydrogens is 188 g/mol. The van der Waals surface area contributed by atoms with E-state index in [1.54, 1.807) is 6.92 Å². The van der Waals surface area contributed by atoms with E-state index in [2.05, 4.69) is 13.8 Å². The molecule has 0 spiro atoms. The van der Waals surface area contributed by atoms with Gasteiger partial charge in [0.15, 0.2) is 0 Å². The molecule has 0 fully saturated rings. The SMILES string of the molecule is CCC(C)c1ccc(C(C)C(=O)O)cc1. The summed E-state index contributed by atoms with van der Waals surface area (Å²) < 4.78 is 0. The Bertz CT molecular complexity index is 327. The van der Waals surface area contributed by atoms with Crippen molar-refractivity contribution in [1.82, 2.24) is 0 Å². The molecule has 0 saturated heterocycles. The minimum atomic E-state index is -0.772. The van der Waals surface area contributed by atoms with E-state index in [-0.39, 0.29) is 0 Å². The molecule has 0 aliphatic heterocycles. The van der Waals surface area contributed by atoms with Crippen LogP contribution in [0.4, 0.5) is 0 Å². The van der Waals surface area contributed by atoms with Crippen molar-refractivity contribution in [3.05, 3.63) is 35.4 Å². The van der Waals surface area contributed by atoms with E-state index < -0.39 is 11.9 Å². The first kappa shape index (κ1) is 11.8. The van der Waals surface area contributed by atoms with Gasteiger partial charge in [0, 0.05) is 0 Å². The van der Waals surface area contributed by atoms with E-state index >= 15 is 0 Å². The molecule has 0 aliphatic rings. The molecule has 2 nitrogen and oxygen atoms in total. The van der Waals surface area contributed by atoms with E-state index in [0.29, 0.717) is 5.92 Å². The van der Waals surface area contributed by atoms with Gasteiger partial charge in [0.2, 0.25) is 0 Å². The number of hydrogen-bond donors (Lipinski definition) is 1. The third kappa shape index (κ3) is 2.82. The van der Waals surface area contributed by atoms with E-state index in [0.717, 1.165) is 12.0 Å². The standard InChI is InChI=1S/C13H18O2/c1-4-9(2)11-5-7-12(8-6-11)10(3)13(14)15/h5-10H,4H2,1-3H3,(H,14,15). The topological polar surface area (TPSA) is 37.3 Å². The van der Waals surface area contributed by atoms with Crippen LogP contribution in [0.25, 0.3) is 0 Å². The summed E-state index contributed by atoms with van der Waals surface area (Å²) in [5, 5.41) is 8.86. The molecule has 1 aromatic carbocycles. The largest absolute Gasteiger partial charge is 0.481 e. The van der Waals surface area contributed by atoms with Gasteiger partial charge in [-0.3, -0.25) is 4.79 Å². The minimum absolute atomic E-state index is 0.420. The van der Waals surface area contributed by atoms with Crippen LogP contribution in [0.3, 0.4) is 0 Å². The van der Waals surface area contributed by atoms with Crippen molar-refractivity contribution >= 4 is 5.97 Å². The number of hydrogen-bond acceptors (Lipinski definition) is 1. The summed E-state index contributed by atoms with van der Waals surface area (Å²) in [6.07, 6.45) is 1.10. The second kappa shape index (κ2) is 4.96. The third-order valence-corrected chi connectivity index (χ3v) is 2.99. The zero-order chi connectivity index (χ0) is 11.4.